The van der Waals surface area contributed by atoms with Crippen LogP contribution < -0.4 is 5.32 Å². The smallest absolute Gasteiger partial charge is 0.301 e. The van der Waals surface area contributed by atoms with E-state index in [1.807, 2.05) is 20.8 Å². The van der Waals surface area contributed by atoms with E-state index in [9.17, 15) is 8.78 Å². The van der Waals surface area contributed by atoms with E-state index in [1.54, 1.807) is 12.1 Å². The number of alkyl halides is 2. The molecule has 0 atom stereocenters. The molecule has 0 radical (unpaired) electrons. The van der Waals surface area contributed by atoms with Crippen molar-refractivity contribution in [3.63, 3.8) is 0 Å². The van der Waals surface area contributed by atoms with Crippen LogP contribution in [-0.2, 0) is 5.92 Å². The molecule has 1 aromatic rings. The first-order valence-electron chi connectivity index (χ1n) is 4.86. The number of hydrogen-bond donors (Lipinski definition) is 1. The first-order chi connectivity index (χ1) is 6.81. The molecule has 2 nitrogen and oxygen atoms in total. The maximum atomic E-state index is 13.6. The molecule has 84 valence electrons. The van der Waals surface area contributed by atoms with Crippen molar-refractivity contribution in [3.05, 3.63) is 30.1 Å². The van der Waals surface area contributed by atoms with Gasteiger partial charge >= 0.3 is 5.92 Å². The van der Waals surface area contributed by atoms with Gasteiger partial charge in [-0.05, 0) is 32.9 Å². The van der Waals surface area contributed by atoms with E-state index in [0.29, 0.717) is 0 Å². The summed E-state index contributed by atoms with van der Waals surface area (Å²) in [6, 6.07) is 4.52. The molecular formula is C11H16F2N2. The monoisotopic (exact) mass is 214 g/mol. The van der Waals surface area contributed by atoms with Crippen LogP contribution in [0.3, 0.4) is 0 Å². The summed E-state index contributed by atoms with van der Waals surface area (Å²) in [5.41, 5.74) is -0.514. The Morgan fingerprint density at radius 1 is 1.27 bits per heavy atom. The van der Waals surface area contributed by atoms with Gasteiger partial charge in [0.2, 0.25) is 0 Å². The van der Waals surface area contributed by atoms with Crippen LogP contribution in [-0.4, -0.2) is 17.1 Å². The van der Waals surface area contributed by atoms with Gasteiger partial charge in [0.15, 0.2) is 0 Å². The molecule has 0 aromatic carbocycles. The number of nitrogens with zero attached hydrogens (tertiary/aromatic N) is 1. The minimum Gasteiger partial charge on any atom is -0.306 e. The van der Waals surface area contributed by atoms with Gasteiger partial charge in [0.1, 0.15) is 5.69 Å². The minimum atomic E-state index is -2.92. The highest BCUT2D eigenvalue weighted by Gasteiger charge is 2.33. The standard InChI is InChI=1S/C11H16F2N2/c1-10(2,3)15-8-11(12,13)9-6-4-5-7-14-9/h4-7,15H,8H2,1-3H3. The molecule has 1 N–H and O–H groups in total. The van der Waals surface area contributed by atoms with Gasteiger partial charge in [-0.25, -0.2) is 0 Å². The molecule has 0 fully saturated rings. The van der Waals surface area contributed by atoms with Crippen molar-refractivity contribution in [1.29, 1.82) is 0 Å². The Kier molecular flexibility index (Phi) is 3.39. The van der Waals surface area contributed by atoms with Gasteiger partial charge in [-0.2, -0.15) is 8.78 Å². The molecule has 0 spiro atoms. The zero-order valence-corrected chi connectivity index (χ0v) is 9.22. The van der Waals surface area contributed by atoms with Gasteiger partial charge < -0.3 is 5.32 Å². The lowest BCUT2D eigenvalue weighted by Crippen LogP contribution is -2.42. The highest BCUT2D eigenvalue weighted by molar-refractivity contribution is 5.10. The average Bonchev–Trinajstić information content (AvgIpc) is 2.16. The minimum absolute atomic E-state index is 0.193. The van der Waals surface area contributed by atoms with E-state index in [2.05, 4.69) is 10.3 Å². The molecule has 0 saturated carbocycles. The largest absolute Gasteiger partial charge is 0.306 e. The lowest BCUT2D eigenvalue weighted by molar-refractivity contribution is -0.0129. The highest BCUT2D eigenvalue weighted by Crippen LogP contribution is 2.25. The lowest BCUT2D eigenvalue weighted by atomic mass is 10.1. The molecule has 0 aliphatic rings. The van der Waals surface area contributed by atoms with Crippen molar-refractivity contribution < 1.29 is 8.78 Å². The number of aromatic nitrogens is 1. The van der Waals surface area contributed by atoms with Crippen molar-refractivity contribution in [1.82, 2.24) is 10.3 Å². The zero-order chi connectivity index (χ0) is 11.5. The molecule has 0 aliphatic heterocycles. The van der Waals surface area contributed by atoms with E-state index in [-0.39, 0.29) is 11.2 Å². The molecular weight excluding hydrogens is 198 g/mol. The summed E-state index contributed by atoms with van der Waals surface area (Å²) in [6.07, 6.45) is 1.38. The third kappa shape index (κ3) is 3.91. The fourth-order valence-corrected chi connectivity index (χ4v) is 1.05. The van der Waals surface area contributed by atoms with Gasteiger partial charge in [0.05, 0.1) is 6.54 Å². The fourth-order valence-electron chi connectivity index (χ4n) is 1.05. The predicted molar refractivity (Wildman–Crippen MR) is 55.9 cm³/mol. The van der Waals surface area contributed by atoms with Crippen molar-refractivity contribution in [3.8, 4) is 0 Å². The quantitative estimate of drug-likeness (QED) is 0.836. The Morgan fingerprint density at radius 3 is 2.40 bits per heavy atom. The van der Waals surface area contributed by atoms with Crippen LogP contribution in [0.2, 0.25) is 0 Å². The van der Waals surface area contributed by atoms with Gasteiger partial charge in [-0.15, -0.1) is 0 Å². The van der Waals surface area contributed by atoms with E-state index in [1.165, 1.54) is 12.3 Å². The first kappa shape index (κ1) is 12.0. The van der Waals surface area contributed by atoms with Crippen molar-refractivity contribution >= 4 is 0 Å². The van der Waals surface area contributed by atoms with Crippen molar-refractivity contribution in [2.24, 2.45) is 0 Å². The third-order valence-corrected chi connectivity index (χ3v) is 1.88. The lowest BCUT2D eigenvalue weighted by Gasteiger charge is -2.24. The van der Waals surface area contributed by atoms with Crippen molar-refractivity contribution in [2.75, 3.05) is 6.54 Å². The number of pyridine rings is 1. The maximum absolute atomic E-state index is 13.6. The molecule has 1 aromatic heterocycles. The van der Waals surface area contributed by atoms with Crippen LogP contribution in [0.25, 0.3) is 0 Å². The Labute approximate surface area is 88.7 Å². The second-order valence-electron chi connectivity index (χ2n) is 4.52. The van der Waals surface area contributed by atoms with E-state index in [0.717, 1.165) is 0 Å². The maximum Gasteiger partial charge on any atom is 0.301 e. The number of halogens is 2. The van der Waals surface area contributed by atoms with E-state index >= 15 is 0 Å². The summed E-state index contributed by atoms with van der Waals surface area (Å²) in [5, 5.41) is 2.77. The van der Waals surface area contributed by atoms with Gasteiger partial charge in [-0.1, -0.05) is 6.07 Å². The molecule has 0 bridgehead atoms. The Balaban J connectivity index is 2.68. The zero-order valence-electron chi connectivity index (χ0n) is 9.22. The summed E-state index contributed by atoms with van der Waals surface area (Å²) >= 11 is 0. The normalized spacial score (nSPS) is 12.9. The molecule has 0 aliphatic carbocycles. The molecule has 15 heavy (non-hydrogen) atoms. The summed E-state index contributed by atoms with van der Waals surface area (Å²) in [4.78, 5) is 3.66. The first-order valence-corrected chi connectivity index (χ1v) is 4.86. The number of nitrogens with one attached hydrogen (secondary N) is 1. The SMILES string of the molecule is CC(C)(C)NCC(F)(F)c1ccccn1. The topological polar surface area (TPSA) is 24.9 Å². The van der Waals surface area contributed by atoms with Crippen LogP contribution in [0, 0.1) is 0 Å². The van der Waals surface area contributed by atoms with Crippen LogP contribution in [0.1, 0.15) is 26.5 Å². The predicted octanol–water partition coefficient (Wildman–Crippen LogP) is 2.56. The van der Waals surface area contributed by atoms with Crippen LogP contribution in [0.4, 0.5) is 8.78 Å². The summed E-state index contributed by atoms with van der Waals surface area (Å²) in [7, 11) is 0. The Hall–Kier alpha value is -1.03. The average molecular weight is 214 g/mol. The van der Waals surface area contributed by atoms with Gasteiger partial charge in [0, 0.05) is 11.7 Å². The van der Waals surface area contributed by atoms with Gasteiger partial charge in [-0.3, -0.25) is 4.98 Å². The fraction of sp³-hybridized carbons (Fsp3) is 0.545. The van der Waals surface area contributed by atoms with Crippen LogP contribution >= 0.6 is 0 Å². The summed E-state index contributed by atoms with van der Waals surface area (Å²) < 4.78 is 27.1. The summed E-state index contributed by atoms with van der Waals surface area (Å²) in [6.45, 7) is 5.15. The number of hydrogen-bond acceptors (Lipinski definition) is 2. The van der Waals surface area contributed by atoms with Crippen LogP contribution in [0.15, 0.2) is 24.4 Å². The molecule has 1 rings (SSSR count). The second kappa shape index (κ2) is 4.23. The van der Waals surface area contributed by atoms with Crippen LogP contribution in [0.5, 0.6) is 0 Å². The molecule has 0 amide bonds. The van der Waals surface area contributed by atoms with E-state index < -0.39 is 12.5 Å². The molecule has 0 saturated heterocycles. The van der Waals surface area contributed by atoms with Gasteiger partial charge in [0.25, 0.3) is 0 Å². The molecule has 4 heteroatoms. The molecule has 1 heterocycles. The van der Waals surface area contributed by atoms with Crippen molar-refractivity contribution in [2.45, 2.75) is 32.2 Å². The Morgan fingerprint density at radius 2 is 1.93 bits per heavy atom. The Bertz CT molecular complexity index is 304. The number of rotatable bonds is 3. The third-order valence-electron chi connectivity index (χ3n) is 1.88. The second-order valence-corrected chi connectivity index (χ2v) is 4.52. The highest BCUT2D eigenvalue weighted by atomic mass is 19.3. The van der Waals surface area contributed by atoms with E-state index in [4.69, 9.17) is 0 Å². The molecule has 0 unspecified atom stereocenters. The summed E-state index contributed by atoms with van der Waals surface area (Å²) in [5.74, 6) is -2.92.